The first-order valence-corrected chi connectivity index (χ1v) is 4.40. The van der Waals surface area contributed by atoms with Gasteiger partial charge in [0.25, 0.3) is 0 Å². The third-order valence-corrected chi connectivity index (χ3v) is 2.10. The van der Waals surface area contributed by atoms with E-state index in [1.54, 1.807) is 13.0 Å². The van der Waals surface area contributed by atoms with E-state index in [-0.39, 0.29) is 0 Å². The summed E-state index contributed by atoms with van der Waals surface area (Å²) in [7, 11) is 0. The fourth-order valence-electron chi connectivity index (χ4n) is 1.39. The van der Waals surface area contributed by atoms with Crippen molar-refractivity contribution in [3.8, 4) is 6.07 Å². The molecule has 0 aromatic heterocycles. The van der Waals surface area contributed by atoms with E-state index in [2.05, 4.69) is 6.07 Å². The van der Waals surface area contributed by atoms with Crippen LogP contribution in [-0.4, -0.2) is 5.11 Å². The zero-order valence-corrected chi connectivity index (χ0v) is 7.91. The average molecular weight is 175 g/mol. The lowest BCUT2D eigenvalue weighted by Gasteiger charge is -2.10. The number of benzene rings is 1. The van der Waals surface area contributed by atoms with Gasteiger partial charge in [-0.1, -0.05) is 13.0 Å². The largest absolute Gasteiger partial charge is 0.389 e. The highest BCUT2D eigenvalue weighted by molar-refractivity contribution is 5.39. The van der Waals surface area contributed by atoms with Crippen molar-refractivity contribution < 1.29 is 5.11 Å². The van der Waals surface area contributed by atoms with Crippen molar-refractivity contribution in [2.45, 2.75) is 26.4 Å². The summed E-state index contributed by atoms with van der Waals surface area (Å²) < 4.78 is 0. The highest BCUT2D eigenvalue weighted by atomic mass is 16.3. The molecule has 0 saturated carbocycles. The molecule has 0 spiro atoms. The zero-order valence-electron chi connectivity index (χ0n) is 7.91. The van der Waals surface area contributed by atoms with Gasteiger partial charge in [-0.2, -0.15) is 5.26 Å². The van der Waals surface area contributed by atoms with Gasteiger partial charge in [-0.15, -0.1) is 0 Å². The monoisotopic (exact) mass is 175 g/mol. The molecule has 0 radical (unpaired) electrons. The molecule has 13 heavy (non-hydrogen) atoms. The van der Waals surface area contributed by atoms with Gasteiger partial charge in [0.05, 0.1) is 17.7 Å². The minimum atomic E-state index is -0.456. The van der Waals surface area contributed by atoms with Crippen molar-refractivity contribution in [1.82, 2.24) is 0 Å². The number of aliphatic hydroxyl groups excluding tert-OH is 1. The van der Waals surface area contributed by atoms with Crippen LogP contribution in [0.5, 0.6) is 0 Å². The molecular weight excluding hydrogens is 162 g/mol. The van der Waals surface area contributed by atoms with E-state index >= 15 is 0 Å². The molecule has 0 amide bonds. The molecule has 0 bridgehead atoms. The summed E-state index contributed by atoms with van der Waals surface area (Å²) in [5.41, 5.74) is 2.62. The highest BCUT2D eigenvalue weighted by Gasteiger charge is 2.06. The molecule has 1 unspecified atom stereocenters. The predicted octanol–water partition coefficient (Wildman–Crippen LogP) is 2.17. The van der Waals surface area contributed by atoms with Crippen LogP contribution in [0.25, 0.3) is 0 Å². The summed E-state index contributed by atoms with van der Waals surface area (Å²) in [6, 6.07) is 7.48. The maximum Gasteiger partial charge on any atom is 0.0991 e. The minimum Gasteiger partial charge on any atom is -0.389 e. The molecule has 0 fully saturated rings. The molecule has 2 nitrogen and oxygen atoms in total. The lowest BCUT2D eigenvalue weighted by molar-refractivity contribution is 0.198. The maximum absolute atomic E-state index is 9.42. The molecular formula is C11H13NO. The van der Waals surface area contributed by atoms with E-state index in [1.807, 2.05) is 19.1 Å². The third-order valence-electron chi connectivity index (χ3n) is 2.10. The Morgan fingerprint density at radius 2 is 2.23 bits per heavy atom. The van der Waals surface area contributed by atoms with Crippen LogP contribution < -0.4 is 0 Å². The van der Waals surface area contributed by atoms with E-state index in [4.69, 9.17) is 5.26 Å². The Labute approximate surface area is 78.4 Å². The highest BCUT2D eigenvalue weighted by Crippen LogP contribution is 2.19. The quantitative estimate of drug-likeness (QED) is 0.748. The van der Waals surface area contributed by atoms with Crippen LogP contribution in [0.1, 0.15) is 36.6 Å². The molecule has 1 aromatic carbocycles. The second kappa shape index (κ2) is 4.06. The lowest BCUT2D eigenvalue weighted by Crippen LogP contribution is -1.97. The Morgan fingerprint density at radius 3 is 2.69 bits per heavy atom. The van der Waals surface area contributed by atoms with Crippen molar-refractivity contribution in [2.75, 3.05) is 0 Å². The Bertz CT molecular complexity index is 336. The molecule has 1 aromatic rings. The molecule has 1 N–H and O–H groups in total. The Morgan fingerprint density at radius 1 is 1.54 bits per heavy atom. The number of nitriles is 1. The van der Waals surface area contributed by atoms with E-state index in [1.165, 1.54) is 0 Å². The average Bonchev–Trinajstić information content (AvgIpc) is 2.16. The van der Waals surface area contributed by atoms with Crippen molar-refractivity contribution in [3.05, 3.63) is 34.9 Å². The van der Waals surface area contributed by atoms with E-state index in [0.717, 1.165) is 17.5 Å². The molecule has 68 valence electrons. The zero-order chi connectivity index (χ0) is 9.84. The smallest absolute Gasteiger partial charge is 0.0991 e. The maximum atomic E-state index is 9.42. The number of rotatable bonds is 2. The summed E-state index contributed by atoms with van der Waals surface area (Å²) in [6.45, 7) is 3.75. The van der Waals surface area contributed by atoms with Crippen molar-refractivity contribution in [1.29, 1.82) is 5.26 Å². The summed E-state index contributed by atoms with van der Waals surface area (Å²) in [6.07, 6.45) is 0.387. The third kappa shape index (κ3) is 2.07. The topological polar surface area (TPSA) is 44.0 Å². The summed E-state index contributed by atoms with van der Waals surface area (Å²) in [5, 5.41) is 18.1. The molecule has 1 rings (SSSR count). The first-order valence-electron chi connectivity index (χ1n) is 4.40. The van der Waals surface area contributed by atoms with Gasteiger partial charge >= 0.3 is 0 Å². The first kappa shape index (κ1) is 9.76. The Hall–Kier alpha value is -1.33. The fourth-order valence-corrected chi connectivity index (χ4v) is 1.39. The van der Waals surface area contributed by atoms with Gasteiger partial charge in [0.1, 0.15) is 0 Å². The van der Waals surface area contributed by atoms with Crippen molar-refractivity contribution in [3.63, 3.8) is 0 Å². The van der Waals surface area contributed by atoms with Gasteiger partial charge in [-0.3, -0.25) is 0 Å². The number of hydrogen-bond donors (Lipinski definition) is 1. The number of aryl methyl sites for hydroxylation is 1. The van der Waals surface area contributed by atoms with Gasteiger partial charge in [-0.05, 0) is 36.6 Å². The van der Waals surface area contributed by atoms with Crippen LogP contribution in [0.2, 0.25) is 0 Å². The fraction of sp³-hybridized carbons (Fsp3) is 0.364. The van der Waals surface area contributed by atoms with E-state index < -0.39 is 6.10 Å². The second-order valence-electron chi connectivity index (χ2n) is 3.05. The van der Waals surface area contributed by atoms with Gasteiger partial charge < -0.3 is 5.11 Å². The van der Waals surface area contributed by atoms with Gasteiger partial charge in [0.2, 0.25) is 0 Å². The number of aliphatic hydroxyl groups is 1. The molecule has 0 saturated heterocycles. The molecule has 0 heterocycles. The van der Waals surface area contributed by atoms with Gasteiger partial charge in [0.15, 0.2) is 0 Å². The van der Waals surface area contributed by atoms with Crippen LogP contribution in [0, 0.1) is 11.3 Å². The van der Waals surface area contributed by atoms with Crippen molar-refractivity contribution >= 4 is 0 Å². The number of nitrogens with zero attached hydrogens (tertiary/aromatic N) is 1. The standard InChI is InChI=1S/C11H13NO/c1-3-10-6-9(7-12)4-5-11(10)8(2)13/h4-6,8,13H,3H2,1-2H3. The van der Waals surface area contributed by atoms with E-state index in [0.29, 0.717) is 5.56 Å². The molecule has 0 aliphatic carbocycles. The number of hydrogen-bond acceptors (Lipinski definition) is 2. The van der Waals surface area contributed by atoms with Crippen LogP contribution in [0.15, 0.2) is 18.2 Å². The summed E-state index contributed by atoms with van der Waals surface area (Å²) >= 11 is 0. The first-order chi connectivity index (χ1) is 6.19. The van der Waals surface area contributed by atoms with Crippen LogP contribution in [-0.2, 0) is 6.42 Å². The van der Waals surface area contributed by atoms with Gasteiger partial charge in [-0.25, -0.2) is 0 Å². The Kier molecular flexibility index (Phi) is 3.05. The van der Waals surface area contributed by atoms with Crippen LogP contribution >= 0.6 is 0 Å². The van der Waals surface area contributed by atoms with Crippen LogP contribution in [0.4, 0.5) is 0 Å². The summed E-state index contributed by atoms with van der Waals surface area (Å²) in [4.78, 5) is 0. The molecule has 0 aliphatic heterocycles. The minimum absolute atomic E-state index is 0.456. The predicted molar refractivity (Wildman–Crippen MR) is 51.2 cm³/mol. The van der Waals surface area contributed by atoms with Crippen LogP contribution in [0.3, 0.4) is 0 Å². The molecule has 1 atom stereocenters. The van der Waals surface area contributed by atoms with Crippen molar-refractivity contribution in [2.24, 2.45) is 0 Å². The SMILES string of the molecule is CCc1cc(C#N)ccc1C(C)O. The second-order valence-corrected chi connectivity index (χ2v) is 3.05. The normalized spacial score (nSPS) is 12.2. The Balaban J connectivity index is 3.17. The van der Waals surface area contributed by atoms with Gasteiger partial charge in [0, 0.05) is 0 Å². The lowest BCUT2D eigenvalue weighted by atomic mass is 9.99. The molecule has 0 aliphatic rings. The molecule has 2 heteroatoms. The summed E-state index contributed by atoms with van der Waals surface area (Å²) in [5.74, 6) is 0. The van der Waals surface area contributed by atoms with E-state index in [9.17, 15) is 5.11 Å².